The Morgan fingerprint density at radius 3 is 3.11 bits per heavy atom. The summed E-state index contributed by atoms with van der Waals surface area (Å²) in [5.41, 5.74) is 0.858. The Bertz CT molecular complexity index is 631. The number of anilines is 1. The lowest BCUT2D eigenvalue weighted by atomic mass is 10.4. The molecule has 1 aliphatic rings. The van der Waals surface area contributed by atoms with E-state index in [0.29, 0.717) is 11.8 Å². The number of thioether (sulfide) groups is 1. The van der Waals surface area contributed by atoms with E-state index >= 15 is 0 Å². The number of nitrogens with zero attached hydrogens (tertiary/aromatic N) is 3. The molecule has 2 heterocycles. The molecule has 0 radical (unpaired) electrons. The van der Waals surface area contributed by atoms with Gasteiger partial charge in [-0.25, -0.2) is 14.9 Å². The molecule has 0 atom stereocenters. The van der Waals surface area contributed by atoms with E-state index in [1.54, 1.807) is 4.57 Å². The van der Waals surface area contributed by atoms with Gasteiger partial charge >= 0.3 is 5.69 Å². The van der Waals surface area contributed by atoms with E-state index in [4.69, 9.17) is 0 Å². The third-order valence-electron chi connectivity index (χ3n) is 3.00. The minimum atomic E-state index is -0.109. The topological polar surface area (TPSA) is 75.6 Å². The Morgan fingerprint density at radius 2 is 2.37 bits per heavy atom. The van der Waals surface area contributed by atoms with Crippen molar-refractivity contribution in [3.63, 3.8) is 0 Å². The van der Waals surface area contributed by atoms with E-state index < -0.39 is 0 Å². The Hall–Kier alpha value is -1.76. The van der Waals surface area contributed by atoms with Crippen LogP contribution >= 0.6 is 11.8 Å². The molecule has 0 aromatic carbocycles. The molecule has 1 fully saturated rings. The van der Waals surface area contributed by atoms with Gasteiger partial charge in [-0.2, -0.15) is 0 Å². The molecule has 0 unspecified atom stereocenters. The Kier molecular flexibility index (Phi) is 3.29. The molecule has 1 saturated carbocycles. The number of hydrogen-bond acceptors (Lipinski definition) is 5. The van der Waals surface area contributed by atoms with Crippen LogP contribution < -0.4 is 11.0 Å². The van der Waals surface area contributed by atoms with Crippen LogP contribution in [0.25, 0.3) is 0 Å². The SMILES string of the molecule is CNc1cccc(CSc2n[nH]c(=O)n2C2CC2)n1. The minimum absolute atomic E-state index is 0.109. The van der Waals surface area contributed by atoms with Gasteiger partial charge < -0.3 is 5.32 Å². The molecular weight excluding hydrogens is 262 g/mol. The molecule has 1 aliphatic carbocycles. The molecule has 2 aromatic rings. The number of nitrogens with one attached hydrogen (secondary N) is 2. The summed E-state index contributed by atoms with van der Waals surface area (Å²) in [5, 5.41) is 10.4. The van der Waals surface area contributed by atoms with Gasteiger partial charge in [0.05, 0.1) is 5.69 Å². The summed E-state index contributed by atoms with van der Waals surface area (Å²) < 4.78 is 1.76. The molecular formula is C12H15N5OS. The maximum absolute atomic E-state index is 11.6. The Morgan fingerprint density at radius 1 is 1.53 bits per heavy atom. The maximum atomic E-state index is 11.6. The van der Waals surface area contributed by atoms with Gasteiger partial charge in [0.1, 0.15) is 5.82 Å². The third kappa shape index (κ3) is 2.65. The fourth-order valence-corrected chi connectivity index (χ4v) is 2.80. The van der Waals surface area contributed by atoms with Crippen molar-refractivity contribution in [1.29, 1.82) is 0 Å². The van der Waals surface area contributed by atoms with Gasteiger partial charge in [-0.05, 0) is 25.0 Å². The summed E-state index contributed by atoms with van der Waals surface area (Å²) >= 11 is 1.54. The van der Waals surface area contributed by atoms with Crippen molar-refractivity contribution in [3.05, 3.63) is 34.4 Å². The number of hydrogen-bond donors (Lipinski definition) is 2. The second kappa shape index (κ2) is 5.08. The number of rotatable bonds is 5. The van der Waals surface area contributed by atoms with Crippen molar-refractivity contribution in [2.24, 2.45) is 0 Å². The monoisotopic (exact) mass is 277 g/mol. The minimum Gasteiger partial charge on any atom is -0.373 e. The maximum Gasteiger partial charge on any atom is 0.344 e. The highest BCUT2D eigenvalue weighted by Crippen LogP contribution is 2.36. The highest BCUT2D eigenvalue weighted by atomic mass is 32.2. The van der Waals surface area contributed by atoms with Crippen molar-refractivity contribution in [1.82, 2.24) is 19.7 Å². The first-order valence-electron chi connectivity index (χ1n) is 6.21. The first kappa shape index (κ1) is 12.3. The number of aromatic amines is 1. The van der Waals surface area contributed by atoms with Crippen LogP contribution in [-0.4, -0.2) is 26.8 Å². The van der Waals surface area contributed by atoms with E-state index in [2.05, 4.69) is 20.5 Å². The van der Waals surface area contributed by atoms with Crippen LogP contribution in [0.2, 0.25) is 0 Å². The zero-order valence-corrected chi connectivity index (χ0v) is 11.4. The van der Waals surface area contributed by atoms with Gasteiger partial charge in [-0.15, -0.1) is 5.10 Å². The highest BCUT2D eigenvalue weighted by molar-refractivity contribution is 7.98. The van der Waals surface area contributed by atoms with Crippen LogP contribution in [0.3, 0.4) is 0 Å². The van der Waals surface area contributed by atoms with Crippen LogP contribution in [-0.2, 0) is 5.75 Å². The van der Waals surface area contributed by atoms with Gasteiger partial charge in [0.25, 0.3) is 0 Å². The first-order valence-corrected chi connectivity index (χ1v) is 7.20. The lowest BCUT2D eigenvalue weighted by molar-refractivity contribution is 0.642. The van der Waals surface area contributed by atoms with E-state index in [1.807, 2.05) is 25.2 Å². The van der Waals surface area contributed by atoms with Crippen molar-refractivity contribution < 1.29 is 0 Å². The fraction of sp³-hybridized carbons (Fsp3) is 0.417. The fourth-order valence-electron chi connectivity index (χ4n) is 1.88. The molecule has 0 amide bonds. The van der Waals surface area contributed by atoms with Gasteiger partial charge in [-0.3, -0.25) is 4.57 Å². The average molecular weight is 277 g/mol. The average Bonchev–Trinajstić information content (AvgIpc) is 3.20. The van der Waals surface area contributed by atoms with Crippen LogP contribution in [0.5, 0.6) is 0 Å². The molecule has 3 rings (SSSR count). The van der Waals surface area contributed by atoms with Crippen molar-refractivity contribution in [3.8, 4) is 0 Å². The van der Waals surface area contributed by atoms with Crippen LogP contribution in [0.15, 0.2) is 28.2 Å². The summed E-state index contributed by atoms with van der Waals surface area (Å²) in [4.78, 5) is 16.1. The summed E-state index contributed by atoms with van der Waals surface area (Å²) in [6, 6.07) is 6.20. The summed E-state index contributed by atoms with van der Waals surface area (Å²) in [5.74, 6) is 1.55. The molecule has 0 aliphatic heterocycles. The molecule has 0 spiro atoms. The third-order valence-corrected chi connectivity index (χ3v) is 3.98. The van der Waals surface area contributed by atoms with Gasteiger partial charge in [0.15, 0.2) is 5.16 Å². The Balaban J connectivity index is 1.73. The molecule has 7 heteroatoms. The largest absolute Gasteiger partial charge is 0.373 e. The quantitative estimate of drug-likeness (QED) is 0.813. The molecule has 0 bridgehead atoms. The summed E-state index contributed by atoms with van der Waals surface area (Å²) in [7, 11) is 1.84. The molecule has 0 saturated heterocycles. The standard InChI is InChI=1S/C12H15N5OS/c1-13-10-4-2-3-8(14-10)7-19-12-16-15-11(18)17(12)9-5-6-9/h2-4,9H,5-7H2,1H3,(H,13,14)(H,15,18). The lowest BCUT2D eigenvalue weighted by Crippen LogP contribution is -2.16. The smallest absolute Gasteiger partial charge is 0.344 e. The van der Waals surface area contributed by atoms with Crippen molar-refractivity contribution in [2.45, 2.75) is 29.8 Å². The normalized spacial score (nSPS) is 14.6. The summed E-state index contributed by atoms with van der Waals surface area (Å²) in [6.45, 7) is 0. The summed E-state index contributed by atoms with van der Waals surface area (Å²) in [6.07, 6.45) is 2.14. The van der Waals surface area contributed by atoms with Crippen molar-refractivity contribution >= 4 is 17.6 Å². The van der Waals surface area contributed by atoms with Gasteiger partial charge in [0.2, 0.25) is 0 Å². The predicted octanol–water partition coefficient (Wildman–Crippen LogP) is 1.64. The van der Waals surface area contributed by atoms with E-state index in [0.717, 1.165) is 29.5 Å². The zero-order valence-electron chi connectivity index (χ0n) is 10.6. The number of aromatic nitrogens is 4. The zero-order chi connectivity index (χ0) is 13.2. The second-order valence-electron chi connectivity index (χ2n) is 4.47. The molecule has 6 nitrogen and oxygen atoms in total. The predicted molar refractivity (Wildman–Crippen MR) is 74.5 cm³/mol. The van der Waals surface area contributed by atoms with Crippen LogP contribution in [0.1, 0.15) is 24.6 Å². The highest BCUT2D eigenvalue weighted by Gasteiger charge is 2.28. The van der Waals surface area contributed by atoms with E-state index in [-0.39, 0.29) is 5.69 Å². The van der Waals surface area contributed by atoms with E-state index in [1.165, 1.54) is 11.8 Å². The Labute approximate surface area is 114 Å². The number of H-pyrrole nitrogens is 1. The van der Waals surface area contributed by atoms with Gasteiger partial charge in [-0.1, -0.05) is 17.8 Å². The lowest BCUT2D eigenvalue weighted by Gasteiger charge is -2.04. The number of pyridine rings is 1. The van der Waals surface area contributed by atoms with Crippen LogP contribution in [0.4, 0.5) is 5.82 Å². The van der Waals surface area contributed by atoms with Gasteiger partial charge in [0, 0.05) is 18.8 Å². The first-order chi connectivity index (χ1) is 9.28. The molecule has 2 aromatic heterocycles. The second-order valence-corrected chi connectivity index (χ2v) is 5.41. The molecule has 2 N–H and O–H groups in total. The van der Waals surface area contributed by atoms with Crippen LogP contribution in [0, 0.1) is 0 Å². The van der Waals surface area contributed by atoms with E-state index in [9.17, 15) is 4.79 Å². The molecule has 19 heavy (non-hydrogen) atoms. The van der Waals surface area contributed by atoms with Crippen molar-refractivity contribution in [2.75, 3.05) is 12.4 Å². The molecule has 100 valence electrons.